The highest BCUT2D eigenvalue weighted by Crippen LogP contribution is 2.49. The summed E-state index contributed by atoms with van der Waals surface area (Å²) in [6.07, 6.45) is 15.7. The van der Waals surface area contributed by atoms with Gasteiger partial charge in [0.15, 0.2) is 0 Å². The van der Waals surface area contributed by atoms with Gasteiger partial charge in [-0.3, -0.25) is 9.59 Å². The van der Waals surface area contributed by atoms with Crippen LogP contribution < -0.4 is 10.6 Å². The molecule has 3 rings (SSSR count). The molecule has 10 nitrogen and oxygen atoms in total. The van der Waals surface area contributed by atoms with Gasteiger partial charge in [0.05, 0.1) is 0 Å². The van der Waals surface area contributed by atoms with Gasteiger partial charge in [-0.05, 0) is 67.6 Å². The van der Waals surface area contributed by atoms with E-state index in [-0.39, 0.29) is 46.7 Å². The summed E-state index contributed by atoms with van der Waals surface area (Å²) in [5, 5.41) is 6.31. The number of hydrogen-bond acceptors (Lipinski definition) is 4. The Kier molecular flexibility index (Phi) is 14.5. The van der Waals surface area contributed by atoms with E-state index in [1.807, 2.05) is 14.1 Å². The van der Waals surface area contributed by atoms with Gasteiger partial charge in [0.2, 0.25) is 11.8 Å². The first-order valence-corrected chi connectivity index (χ1v) is 18.1. The number of carbonyl (C=O) groups is 4. The summed E-state index contributed by atoms with van der Waals surface area (Å²) in [6, 6.07) is 0.0902. The molecule has 0 aromatic rings. The van der Waals surface area contributed by atoms with Crippen molar-refractivity contribution < 1.29 is 19.2 Å². The van der Waals surface area contributed by atoms with E-state index in [1.165, 1.54) is 38.5 Å². The van der Waals surface area contributed by atoms with Crippen molar-refractivity contribution in [2.45, 2.75) is 123 Å². The van der Waals surface area contributed by atoms with Crippen molar-refractivity contribution in [3.63, 3.8) is 0 Å². The lowest BCUT2D eigenvalue weighted by Gasteiger charge is -2.47. The first-order valence-electron chi connectivity index (χ1n) is 18.1. The fourth-order valence-corrected chi connectivity index (χ4v) is 8.33. The number of urea groups is 2. The number of hydrogen-bond donors (Lipinski definition) is 2. The summed E-state index contributed by atoms with van der Waals surface area (Å²) < 4.78 is 0. The zero-order valence-electron chi connectivity index (χ0n) is 30.3. The Balaban J connectivity index is 1.41. The van der Waals surface area contributed by atoms with Crippen molar-refractivity contribution in [3.8, 4) is 0 Å². The van der Waals surface area contributed by atoms with Gasteiger partial charge in [-0.1, -0.05) is 59.3 Å². The maximum Gasteiger partial charge on any atom is 0.317 e. The highest BCUT2D eigenvalue weighted by molar-refractivity contribution is 5.77. The Hall–Kier alpha value is -2.52. The third-order valence-electron chi connectivity index (χ3n) is 10.9. The predicted molar refractivity (Wildman–Crippen MR) is 184 cm³/mol. The summed E-state index contributed by atoms with van der Waals surface area (Å²) in [4.78, 5) is 58.5. The Morgan fingerprint density at radius 2 is 1.09 bits per heavy atom. The number of nitrogens with one attached hydrogen (secondary N) is 2. The van der Waals surface area contributed by atoms with E-state index in [0.717, 1.165) is 44.9 Å². The Morgan fingerprint density at radius 3 is 1.65 bits per heavy atom. The van der Waals surface area contributed by atoms with E-state index >= 15 is 0 Å². The number of carbonyl (C=O) groups excluding carboxylic acids is 4. The van der Waals surface area contributed by atoms with E-state index in [9.17, 15) is 19.2 Å². The highest BCUT2D eigenvalue weighted by Gasteiger charge is 2.42. The minimum Gasteiger partial charge on any atom is -0.344 e. The number of amides is 6. The lowest BCUT2D eigenvalue weighted by atomic mass is 9.60. The normalized spacial score (nSPS) is 23.7. The molecule has 3 saturated carbocycles. The molecule has 46 heavy (non-hydrogen) atoms. The molecule has 0 aromatic carbocycles. The molecule has 2 N–H and O–H groups in total. The molecule has 2 atom stereocenters. The molecule has 0 saturated heterocycles. The van der Waals surface area contributed by atoms with Crippen LogP contribution in [0, 0.1) is 22.7 Å². The molecular formula is C36H66N6O4. The molecule has 0 aliphatic heterocycles. The van der Waals surface area contributed by atoms with Gasteiger partial charge in [-0.25, -0.2) is 9.59 Å². The Labute approximate surface area is 279 Å². The lowest BCUT2D eigenvalue weighted by molar-refractivity contribution is -0.132. The van der Waals surface area contributed by atoms with Gasteiger partial charge >= 0.3 is 12.1 Å². The Bertz CT molecular complexity index is 1010. The molecule has 3 aliphatic carbocycles. The van der Waals surface area contributed by atoms with E-state index in [4.69, 9.17) is 0 Å². The minimum absolute atomic E-state index is 0.0552. The quantitative estimate of drug-likeness (QED) is 0.267. The van der Waals surface area contributed by atoms with Crippen LogP contribution in [0.15, 0.2) is 0 Å². The lowest BCUT2D eigenvalue weighted by Crippen LogP contribution is -2.48. The minimum atomic E-state index is -0.123. The summed E-state index contributed by atoms with van der Waals surface area (Å²) in [5.41, 5.74) is -0.0576. The monoisotopic (exact) mass is 647 g/mol. The van der Waals surface area contributed by atoms with Crippen molar-refractivity contribution in [1.29, 1.82) is 0 Å². The SMILES string of the molecule is CN(CCN(C)C(=O)NCC1(C)CC(CC(=O)N(C)CCN(C)C(=O)NC2CCCCC2)CC(C)(C)C1)C(=O)CC1CCCCC1. The molecular weight excluding hydrogens is 580 g/mol. The first kappa shape index (κ1) is 37.9. The largest absolute Gasteiger partial charge is 0.344 e. The summed E-state index contributed by atoms with van der Waals surface area (Å²) in [7, 11) is 7.26. The van der Waals surface area contributed by atoms with Crippen LogP contribution in [0.3, 0.4) is 0 Å². The van der Waals surface area contributed by atoms with E-state index in [2.05, 4.69) is 31.4 Å². The van der Waals surface area contributed by atoms with Crippen LogP contribution >= 0.6 is 0 Å². The topological polar surface area (TPSA) is 105 Å². The van der Waals surface area contributed by atoms with Crippen molar-refractivity contribution >= 4 is 23.9 Å². The predicted octanol–water partition coefficient (Wildman–Crippen LogP) is 5.71. The van der Waals surface area contributed by atoms with E-state index in [1.54, 1.807) is 33.7 Å². The fraction of sp³-hybridized carbons (Fsp3) is 0.889. The molecule has 0 radical (unpaired) electrons. The molecule has 0 heterocycles. The molecule has 0 bridgehead atoms. The smallest absolute Gasteiger partial charge is 0.317 e. The van der Waals surface area contributed by atoms with Crippen LogP contribution in [0.2, 0.25) is 0 Å². The van der Waals surface area contributed by atoms with Crippen molar-refractivity contribution in [1.82, 2.24) is 30.2 Å². The van der Waals surface area contributed by atoms with Crippen LogP contribution in [-0.4, -0.2) is 110 Å². The van der Waals surface area contributed by atoms with Crippen LogP contribution in [0.25, 0.3) is 0 Å². The zero-order chi connectivity index (χ0) is 33.9. The van der Waals surface area contributed by atoms with Gasteiger partial charge in [0.1, 0.15) is 0 Å². The van der Waals surface area contributed by atoms with Crippen molar-refractivity contribution in [3.05, 3.63) is 0 Å². The second-order valence-corrected chi connectivity index (χ2v) is 16.3. The van der Waals surface area contributed by atoms with E-state index < -0.39 is 0 Å². The van der Waals surface area contributed by atoms with Crippen molar-refractivity contribution in [2.75, 3.05) is 60.9 Å². The average Bonchev–Trinajstić information content (AvgIpc) is 3.00. The highest BCUT2D eigenvalue weighted by atomic mass is 16.2. The molecule has 2 unspecified atom stereocenters. The van der Waals surface area contributed by atoms with Gasteiger partial charge in [-0.15, -0.1) is 0 Å². The molecule has 10 heteroatoms. The molecule has 0 spiro atoms. The van der Waals surface area contributed by atoms with E-state index in [0.29, 0.717) is 51.5 Å². The number of rotatable bonds is 13. The second-order valence-electron chi connectivity index (χ2n) is 16.3. The second kappa shape index (κ2) is 17.6. The summed E-state index contributed by atoms with van der Waals surface area (Å²) in [6.45, 7) is 9.33. The molecule has 264 valence electrons. The zero-order valence-corrected chi connectivity index (χ0v) is 30.3. The summed E-state index contributed by atoms with van der Waals surface area (Å²) >= 11 is 0. The van der Waals surface area contributed by atoms with Crippen molar-refractivity contribution in [2.24, 2.45) is 22.7 Å². The van der Waals surface area contributed by atoms with Crippen LogP contribution in [0.5, 0.6) is 0 Å². The molecule has 0 aromatic heterocycles. The third-order valence-corrected chi connectivity index (χ3v) is 10.9. The maximum atomic E-state index is 13.3. The van der Waals surface area contributed by atoms with Gasteiger partial charge < -0.3 is 30.2 Å². The molecule has 3 aliphatic rings. The number of nitrogens with zero attached hydrogens (tertiary/aromatic N) is 4. The maximum absolute atomic E-state index is 13.3. The summed E-state index contributed by atoms with van der Waals surface area (Å²) in [5.74, 6) is 1.03. The van der Waals surface area contributed by atoms with Gasteiger partial charge in [0.25, 0.3) is 0 Å². The van der Waals surface area contributed by atoms with Crippen LogP contribution in [0.4, 0.5) is 9.59 Å². The third kappa shape index (κ3) is 12.6. The first-order chi connectivity index (χ1) is 21.7. The average molecular weight is 647 g/mol. The number of likely N-dealkylation sites (N-methyl/N-ethyl adjacent to an activating group) is 4. The molecule has 6 amide bonds. The standard InChI is InChI=1S/C36H66N6O4/c1-35(2)24-29(23-32(44)40(5)19-21-42(7)34(46)38-30-16-12-9-13-17-30)25-36(3,26-35)27-37-33(45)41(6)20-18-39(4)31(43)22-28-14-10-8-11-15-28/h28-30H,8-27H2,1-7H3,(H,37,45)(H,38,46). The van der Waals surface area contributed by atoms with Gasteiger partial charge in [-0.2, -0.15) is 0 Å². The molecule has 3 fully saturated rings. The van der Waals surface area contributed by atoms with Crippen LogP contribution in [0.1, 0.15) is 117 Å². The van der Waals surface area contributed by atoms with Crippen LogP contribution in [-0.2, 0) is 9.59 Å². The Morgan fingerprint density at radius 1 is 0.609 bits per heavy atom. The van der Waals surface area contributed by atoms with Gasteiger partial charge in [0, 0.05) is 79.8 Å². The fourth-order valence-electron chi connectivity index (χ4n) is 8.33.